The van der Waals surface area contributed by atoms with Crippen LogP contribution >= 0.6 is 0 Å². The van der Waals surface area contributed by atoms with Crippen molar-refractivity contribution in [2.75, 3.05) is 13.1 Å². The van der Waals surface area contributed by atoms with Crippen molar-refractivity contribution in [3.63, 3.8) is 0 Å². The van der Waals surface area contributed by atoms with Crippen molar-refractivity contribution in [1.82, 2.24) is 10.6 Å². The second-order valence-electron chi connectivity index (χ2n) is 8.46. The Morgan fingerprint density at radius 3 is 2.38 bits per heavy atom. The first kappa shape index (κ1) is 18.3. The van der Waals surface area contributed by atoms with Crippen molar-refractivity contribution in [1.29, 1.82) is 0 Å². The van der Waals surface area contributed by atoms with Crippen molar-refractivity contribution < 1.29 is 9.53 Å². The summed E-state index contributed by atoms with van der Waals surface area (Å²) in [4.78, 5) is 11.9. The van der Waals surface area contributed by atoms with E-state index in [1.165, 1.54) is 19.3 Å². The van der Waals surface area contributed by atoms with Crippen LogP contribution in [0.4, 0.5) is 4.79 Å². The van der Waals surface area contributed by atoms with Crippen LogP contribution in [0.15, 0.2) is 0 Å². The Morgan fingerprint density at radius 2 is 1.90 bits per heavy atom. The number of ether oxygens (including phenoxy) is 1. The van der Waals surface area contributed by atoms with Gasteiger partial charge in [-0.05, 0) is 57.9 Å². The van der Waals surface area contributed by atoms with Gasteiger partial charge in [0, 0.05) is 12.6 Å². The molecule has 1 aliphatic heterocycles. The number of hydrogen-bond acceptors (Lipinski definition) is 3. The fraction of sp³-hybridized carbons (Fsp3) is 0.941. The molecule has 2 atom stereocenters. The topological polar surface area (TPSA) is 50.4 Å². The Bertz CT molecular complexity index is 323. The normalized spacial score (nSPS) is 21.7. The molecule has 0 aliphatic carbocycles. The van der Waals surface area contributed by atoms with E-state index in [0.29, 0.717) is 18.5 Å². The van der Waals surface area contributed by atoms with E-state index in [4.69, 9.17) is 4.74 Å². The quantitative estimate of drug-likeness (QED) is 0.832. The molecular formula is C17H34N2O2. The summed E-state index contributed by atoms with van der Waals surface area (Å²) in [6.07, 6.45) is 4.54. The summed E-state index contributed by atoms with van der Waals surface area (Å²) in [5.74, 6) is 0.456. The summed E-state index contributed by atoms with van der Waals surface area (Å²) < 4.78 is 5.34. The number of amides is 1. The van der Waals surface area contributed by atoms with E-state index in [1.807, 2.05) is 20.8 Å². The molecule has 2 N–H and O–H groups in total. The molecule has 0 aromatic carbocycles. The first-order valence-corrected chi connectivity index (χ1v) is 8.27. The molecule has 4 heteroatoms. The molecule has 0 saturated carbocycles. The highest BCUT2D eigenvalue weighted by molar-refractivity contribution is 5.67. The van der Waals surface area contributed by atoms with Gasteiger partial charge in [-0.1, -0.05) is 27.2 Å². The summed E-state index contributed by atoms with van der Waals surface area (Å²) in [7, 11) is 0. The van der Waals surface area contributed by atoms with E-state index < -0.39 is 5.60 Å². The lowest BCUT2D eigenvalue weighted by atomic mass is 9.79. The predicted octanol–water partition coefficient (Wildman–Crippen LogP) is 3.71. The van der Waals surface area contributed by atoms with Crippen LogP contribution in [0.5, 0.6) is 0 Å². The molecule has 124 valence electrons. The molecule has 21 heavy (non-hydrogen) atoms. The Hall–Kier alpha value is -0.770. The lowest BCUT2D eigenvalue weighted by Gasteiger charge is -2.35. The molecule has 0 unspecified atom stereocenters. The highest BCUT2D eigenvalue weighted by Crippen LogP contribution is 2.28. The maximum atomic E-state index is 11.9. The molecule has 0 aromatic rings. The third-order valence-electron chi connectivity index (χ3n) is 3.70. The van der Waals surface area contributed by atoms with Gasteiger partial charge in [0.2, 0.25) is 0 Å². The van der Waals surface area contributed by atoms with Crippen molar-refractivity contribution in [2.45, 2.75) is 78.9 Å². The number of hydrogen-bond donors (Lipinski definition) is 2. The molecule has 1 rings (SSSR count). The number of piperidine rings is 1. The molecule has 1 aliphatic rings. The Balaban J connectivity index is 2.54. The van der Waals surface area contributed by atoms with Gasteiger partial charge in [-0.25, -0.2) is 4.79 Å². The maximum Gasteiger partial charge on any atom is 0.407 e. The number of carbonyl (C=O) groups excluding carboxylic acids is 1. The molecular weight excluding hydrogens is 264 g/mol. The molecule has 0 radical (unpaired) electrons. The Kier molecular flexibility index (Phi) is 6.51. The van der Waals surface area contributed by atoms with Crippen LogP contribution in [-0.2, 0) is 4.74 Å². The van der Waals surface area contributed by atoms with E-state index in [1.54, 1.807) is 0 Å². The van der Waals surface area contributed by atoms with Gasteiger partial charge in [0.15, 0.2) is 0 Å². The fourth-order valence-electron chi connectivity index (χ4n) is 2.95. The van der Waals surface area contributed by atoms with Gasteiger partial charge >= 0.3 is 6.09 Å². The average Bonchev–Trinajstić information content (AvgIpc) is 2.32. The highest BCUT2D eigenvalue weighted by atomic mass is 16.6. The Morgan fingerprint density at radius 1 is 1.24 bits per heavy atom. The zero-order valence-electron chi connectivity index (χ0n) is 14.7. The van der Waals surface area contributed by atoms with E-state index in [9.17, 15) is 4.79 Å². The summed E-state index contributed by atoms with van der Waals surface area (Å²) in [5, 5.41) is 6.58. The van der Waals surface area contributed by atoms with E-state index in [-0.39, 0.29) is 11.5 Å². The molecule has 1 saturated heterocycles. The standard InChI is InChI=1S/C17H34N2O2/c1-16(2,3)11-13(14-9-7-8-10-18-14)12-19-15(20)21-17(4,5)6/h13-14,18H,7-12H2,1-6H3,(H,19,20)/t13-,14+/m0/s1. The van der Waals surface area contributed by atoms with Gasteiger partial charge in [0.25, 0.3) is 0 Å². The minimum absolute atomic E-state index is 0.263. The molecule has 0 spiro atoms. The summed E-state index contributed by atoms with van der Waals surface area (Å²) in [6, 6.07) is 0.507. The van der Waals surface area contributed by atoms with Crippen molar-refractivity contribution in [3.8, 4) is 0 Å². The van der Waals surface area contributed by atoms with E-state index >= 15 is 0 Å². The molecule has 4 nitrogen and oxygen atoms in total. The van der Waals surface area contributed by atoms with Gasteiger partial charge in [-0.3, -0.25) is 0 Å². The van der Waals surface area contributed by atoms with Crippen LogP contribution in [0.1, 0.15) is 67.2 Å². The lowest BCUT2D eigenvalue weighted by Crippen LogP contribution is -2.46. The summed E-state index contributed by atoms with van der Waals surface area (Å²) in [5.41, 5.74) is -0.175. The largest absolute Gasteiger partial charge is 0.444 e. The van der Waals surface area contributed by atoms with E-state index in [2.05, 4.69) is 31.4 Å². The second kappa shape index (κ2) is 7.48. The molecule has 1 heterocycles. The van der Waals surface area contributed by atoms with E-state index in [0.717, 1.165) is 13.0 Å². The highest BCUT2D eigenvalue weighted by Gasteiger charge is 2.28. The van der Waals surface area contributed by atoms with Crippen LogP contribution in [0.3, 0.4) is 0 Å². The monoisotopic (exact) mass is 298 g/mol. The van der Waals surface area contributed by atoms with Gasteiger partial charge in [0.1, 0.15) is 5.60 Å². The maximum absolute atomic E-state index is 11.9. The number of rotatable bonds is 4. The van der Waals surface area contributed by atoms with Gasteiger partial charge in [-0.2, -0.15) is 0 Å². The zero-order valence-corrected chi connectivity index (χ0v) is 14.7. The van der Waals surface area contributed by atoms with Crippen molar-refractivity contribution >= 4 is 6.09 Å². The third-order valence-corrected chi connectivity index (χ3v) is 3.70. The van der Waals surface area contributed by atoms with Crippen LogP contribution in [0.2, 0.25) is 0 Å². The average molecular weight is 298 g/mol. The first-order chi connectivity index (χ1) is 9.57. The number of carbonyl (C=O) groups is 1. The van der Waals surface area contributed by atoms with Crippen molar-refractivity contribution in [2.24, 2.45) is 11.3 Å². The fourth-order valence-corrected chi connectivity index (χ4v) is 2.95. The smallest absolute Gasteiger partial charge is 0.407 e. The van der Waals surface area contributed by atoms with Crippen LogP contribution in [-0.4, -0.2) is 30.8 Å². The van der Waals surface area contributed by atoms with Gasteiger partial charge < -0.3 is 15.4 Å². The second-order valence-corrected chi connectivity index (χ2v) is 8.46. The minimum Gasteiger partial charge on any atom is -0.444 e. The number of nitrogens with one attached hydrogen (secondary N) is 2. The van der Waals surface area contributed by atoms with Gasteiger partial charge in [-0.15, -0.1) is 0 Å². The molecule has 0 aromatic heterocycles. The predicted molar refractivity (Wildman–Crippen MR) is 87.4 cm³/mol. The van der Waals surface area contributed by atoms with Crippen LogP contribution in [0.25, 0.3) is 0 Å². The zero-order chi connectivity index (χ0) is 16.1. The lowest BCUT2D eigenvalue weighted by molar-refractivity contribution is 0.0507. The van der Waals surface area contributed by atoms with Crippen LogP contribution in [0, 0.1) is 11.3 Å². The summed E-state index contributed by atoms with van der Waals surface area (Å²) in [6.45, 7) is 14.2. The SMILES string of the molecule is CC(C)(C)C[C@@H](CNC(=O)OC(C)(C)C)[C@H]1CCCCN1. The first-order valence-electron chi connectivity index (χ1n) is 8.27. The Labute approximate surface area is 130 Å². The van der Waals surface area contributed by atoms with Crippen molar-refractivity contribution in [3.05, 3.63) is 0 Å². The third kappa shape index (κ3) is 8.30. The van der Waals surface area contributed by atoms with Gasteiger partial charge in [0.05, 0.1) is 0 Å². The summed E-state index contributed by atoms with van der Waals surface area (Å²) >= 11 is 0. The number of alkyl carbamates (subject to hydrolysis) is 1. The molecule has 1 fully saturated rings. The minimum atomic E-state index is -0.438. The molecule has 0 bridgehead atoms. The molecule has 1 amide bonds. The van der Waals surface area contributed by atoms with Crippen LogP contribution < -0.4 is 10.6 Å².